The van der Waals surface area contributed by atoms with Crippen molar-refractivity contribution in [2.75, 3.05) is 27.2 Å². The van der Waals surface area contributed by atoms with E-state index in [9.17, 15) is 14.4 Å². The van der Waals surface area contributed by atoms with Crippen LogP contribution in [-0.4, -0.2) is 90.4 Å². The van der Waals surface area contributed by atoms with Crippen molar-refractivity contribution in [3.63, 3.8) is 0 Å². The maximum Gasteiger partial charge on any atom is 0.254 e. The Hall–Kier alpha value is -3.47. The zero-order valence-electron chi connectivity index (χ0n) is 24.6. The van der Waals surface area contributed by atoms with Crippen LogP contribution in [0.1, 0.15) is 37.8 Å². The van der Waals surface area contributed by atoms with Gasteiger partial charge in [0.15, 0.2) is 5.54 Å². The van der Waals surface area contributed by atoms with Gasteiger partial charge in [-0.25, -0.2) is 4.99 Å². The van der Waals surface area contributed by atoms with Crippen molar-refractivity contribution in [3.8, 4) is 0 Å². The molecule has 10 nitrogen and oxygen atoms in total. The Morgan fingerprint density at radius 3 is 2.55 bits per heavy atom. The molecule has 2 aromatic carbocycles. The largest absolute Gasteiger partial charge is 0.476 e. The lowest BCUT2D eigenvalue weighted by Crippen LogP contribution is -2.58. The first-order valence-electron chi connectivity index (χ1n) is 14.2. The summed E-state index contributed by atoms with van der Waals surface area (Å²) in [5.74, 6) is -0.623. The number of hydrogen-bond donors (Lipinski definition) is 2. The third kappa shape index (κ3) is 7.29. The first-order valence-corrected chi connectivity index (χ1v) is 14.6. The van der Waals surface area contributed by atoms with Crippen molar-refractivity contribution in [3.05, 3.63) is 70.7 Å². The highest BCUT2D eigenvalue weighted by Crippen LogP contribution is 2.31. The van der Waals surface area contributed by atoms with Crippen LogP contribution < -0.4 is 11.1 Å². The molecule has 2 heterocycles. The van der Waals surface area contributed by atoms with E-state index in [4.69, 9.17) is 31.8 Å². The highest BCUT2D eigenvalue weighted by Gasteiger charge is 2.49. The van der Waals surface area contributed by atoms with Crippen molar-refractivity contribution in [2.45, 2.75) is 69.5 Å². The molecule has 42 heavy (non-hydrogen) atoms. The molecule has 0 aromatic heterocycles. The molecule has 3 N–H and O–H groups in total. The van der Waals surface area contributed by atoms with E-state index in [0.29, 0.717) is 30.3 Å². The number of benzene rings is 2. The molecule has 2 aliphatic heterocycles. The summed E-state index contributed by atoms with van der Waals surface area (Å²) < 4.78 is 12.2. The Morgan fingerprint density at radius 2 is 1.88 bits per heavy atom. The van der Waals surface area contributed by atoms with E-state index in [2.05, 4.69) is 5.32 Å². The molecule has 0 aliphatic carbocycles. The molecule has 11 heteroatoms. The van der Waals surface area contributed by atoms with Crippen LogP contribution in [0.2, 0.25) is 5.02 Å². The lowest BCUT2D eigenvalue weighted by atomic mass is 9.91. The summed E-state index contributed by atoms with van der Waals surface area (Å²) in [6.45, 7) is 4.09. The minimum Gasteiger partial charge on any atom is -0.476 e. The van der Waals surface area contributed by atoms with E-state index in [1.165, 1.54) is 4.90 Å². The molecule has 226 valence electrons. The van der Waals surface area contributed by atoms with Crippen molar-refractivity contribution in [2.24, 2.45) is 10.7 Å². The van der Waals surface area contributed by atoms with Crippen LogP contribution in [0, 0.1) is 0 Å². The highest BCUT2D eigenvalue weighted by atomic mass is 35.5. The fourth-order valence-corrected chi connectivity index (χ4v) is 5.56. The van der Waals surface area contributed by atoms with Crippen molar-refractivity contribution in [1.29, 1.82) is 0 Å². The van der Waals surface area contributed by atoms with Gasteiger partial charge < -0.3 is 30.3 Å². The molecule has 5 atom stereocenters. The van der Waals surface area contributed by atoms with Crippen LogP contribution in [-0.2, 0) is 36.9 Å². The second-order valence-electron chi connectivity index (χ2n) is 11.2. The first kappa shape index (κ1) is 31.5. The maximum absolute atomic E-state index is 14.0. The SMILES string of the molecule is CC(OCc1ccccc1)[C@H](NC(=O)[C@H](C)N)C(=O)N1CCC[C@H]1C1=N[C@@](Cc2cccc(Cl)c2)(C(=O)N(C)C)CO1. The predicted octanol–water partition coefficient (Wildman–Crippen LogP) is 2.57. The van der Waals surface area contributed by atoms with Crippen molar-refractivity contribution >= 4 is 35.2 Å². The van der Waals surface area contributed by atoms with Crippen LogP contribution in [0.3, 0.4) is 0 Å². The number of likely N-dealkylation sites (tertiary alicyclic amines) is 1. The Kier molecular flexibility index (Phi) is 10.2. The van der Waals surface area contributed by atoms with E-state index < -0.39 is 35.7 Å². The quantitative estimate of drug-likeness (QED) is 0.410. The maximum atomic E-state index is 14.0. The molecule has 3 amide bonds. The van der Waals surface area contributed by atoms with Gasteiger partial charge in [-0.15, -0.1) is 0 Å². The van der Waals surface area contributed by atoms with Gasteiger partial charge in [-0.3, -0.25) is 14.4 Å². The molecule has 1 unspecified atom stereocenters. The Balaban J connectivity index is 1.58. The average Bonchev–Trinajstić information content (AvgIpc) is 3.62. The molecule has 1 saturated heterocycles. The van der Waals surface area contributed by atoms with E-state index in [1.54, 1.807) is 38.9 Å². The number of nitrogens with two attached hydrogens (primary N) is 1. The summed E-state index contributed by atoms with van der Waals surface area (Å²) in [5, 5.41) is 3.36. The number of halogens is 1. The van der Waals surface area contributed by atoms with Crippen molar-refractivity contribution in [1.82, 2.24) is 15.1 Å². The van der Waals surface area contributed by atoms with Gasteiger partial charge in [0.05, 0.1) is 18.8 Å². The number of rotatable bonds is 11. The van der Waals surface area contributed by atoms with Gasteiger partial charge in [0, 0.05) is 32.1 Å². The molecule has 2 aliphatic rings. The van der Waals surface area contributed by atoms with Crippen LogP contribution in [0.25, 0.3) is 0 Å². The number of ether oxygens (including phenoxy) is 2. The zero-order valence-corrected chi connectivity index (χ0v) is 25.3. The third-order valence-corrected chi connectivity index (χ3v) is 7.83. The molecular weight excluding hydrogens is 558 g/mol. The van der Waals surface area contributed by atoms with Crippen LogP contribution in [0.15, 0.2) is 59.6 Å². The Bertz CT molecular complexity index is 1300. The number of amides is 3. The molecule has 0 radical (unpaired) electrons. The molecule has 0 saturated carbocycles. The number of carbonyl (C=O) groups excluding carboxylic acids is 3. The summed E-state index contributed by atoms with van der Waals surface area (Å²) in [5.41, 5.74) is 6.44. The summed E-state index contributed by atoms with van der Waals surface area (Å²) >= 11 is 6.22. The summed E-state index contributed by atoms with van der Waals surface area (Å²) in [6, 6.07) is 14.7. The fraction of sp³-hybridized carbons (Fsp3) is 0.484. The monoisotopic (exact) mass is 597 g/mol. The number of likely N-dealkylation sites (N-methyl/N-ethyl adjacent to an activating group) is 1. The van der Waals surface area contributed by atoms with Gasteiger partial charge in [0.2, 0.25) is 17.7 Å². The topological polar surface area (TPSA) is 127 Å². The van der Waals surface area contributed by atoms with E-state index >= 15 is 0 Å². The normalized spacial score (nSPS) is 22.1. The first-order chi connectivity index (χ1) is 20.0. The van der Waals surface area contributed by atoms with Crippen LogP contribution in [0.4, 0.5) is 0 Å². The Labute approximate surface area is 252 Å². The molecule has 0 bridgehead atoms. The van der Waals surface area contributed by atoms with Crippen LogP contribution >= 0.6 is 11.6 Å². The van der Waals surface area contributed by atoms with Gasteiger partial charge in [-0.2, -0.15) is 0 Å². The smallest absolute Gasteiger partial charge is 0.254 e. The van der Waals surface area contributed by atoms with Gasteiger partial charge in [0.1, 0.15) is 18.7 Å². The standard InChI is InChI=1S/C31H40ClN5O5/c1-20(33)27(38)34-26(21(2)41-18-22-10-6-5-7-11-22)29(39)37-15-9-14-25(37)28-35-31(19-42-28,30(40)36(3)4)17-23-12-8-13-24(32)16-23/h5-8,10-13,16,20-21,25-26H,9,14-15,17-19,33H2,1-4H3,(H,34,38)/t20-,21?,25-,26-,31+/m0/s1. The lowest BCUT2D eigenvalue weighted by molar-refractivity contribution is -0.141. The van der Waals surface area contributed by atoms with E-state index in [0.717, 1.165) is 17.5 Å². The minimum absolute atomic E-state index is 0.0475. The minimum atomic E-state index is -1.19. The van der Waals surface area contributed by atoms with Gasteiger partial charge in [0.25, 0.3) is 5.91 Å². The van der Waals surface area contributed by atoms with E-state index in [1.807, 2.05) is 48.5 Å². The second kappa shape index (κ2) is 13.7. The number of nitrogens with zero attached hydrogens (tertiary/aromatic N) is 3. The number of nitrogens with one attached hydrogen (secondary N) is 1. The molecule has 4 rings (SSSR count). The predicted molar refractivity (Wildman–Crippen MR) is 161 cm³/mol. The fourth-order valence-electron chi connectivity index (χ4n) is 5.34. The highest BCUT2D eigenvalue weighted by molar-refractivity contribution is 6.30. The number of carbonyl (C=O) groups is 3. The van der Waals surface area contributed by atoms with Gasteiger partial charge in [-0.1, -0.05) is 54.1 Å². The summed E-state index contributed by atoms with van der Waals surface area (Å²) in [7, 11) is 3.37. The number of hydrogen-bond acceptors (Lipinski definition) is 7. The molecule has 2 aromatic rings. The Morgan fingerprint density at radius 1 is 1.17 bits per heavy atom. The average molecular weight is 598 g/mol. The van der Waals surface area contributed by atoms with Gasteiger partial charge in [-0.05, 0) is 49.9 Å². The van der Waals surface area contributed by atoms with Crippen molar-refractivity contribution < 1.29 is 23.9 Å². The molecular formula is C31H40ClN5O5. The summed E-state index contributed by atoms with van der Waals surface area (Å²) in [6.07, 6.45) is 0.979. The zero-order chi connectivity index (χ0) is 30.4. The summed E-state index contributed by atoms with van der Waals surface area (Å²) in [4.78, 5) is 48.2. The molecule has 0 spiro atoms. The van der Waals surface area contributed by atoms with Gasteiger partial charge >= 0.3 is 0 Å². The molecule has 1 fully saturated rings. The van der Waals surface area contributed by atoms with Crippen LogP contribution in [0.5, 0.6) is 0 Å². The third-order valence-electron chi connectivity index (χ3n) is 7.60. The lowest BCUT2D eigenvalue weighted by Gasteiger charge is -2.32. The number of aliphatic imine (C=N–C) groups is 1. The second-order valence-corrected chi connectivity index (χ2v) is 11.7. The van der Waals surface area contributed by atoms with E-state index in [-0.39, 0.29) is 25.0 Å².